The van der Waals surface area contributed by atoms with Crippen LogP contribution < -0.4 is 4.74 Å². The van der Waals surface area contributed by atoms with Gasteiger partial charge in [0, 0.05) is 5.56 Å². The maximum atomic E-state index is 11.3. The number of ketones is 1. The molecule has 80 valence electrons. The van der Waals surface area contributed by atoms with Crippen LogP contribution in [0.15, 0.2) is 12.1 Å². The van der Waals surface area contributed by atoms with Crippen LogP contribution in [-0.4, -0.2) is 18.7 Å². The van der Waals surface area contributed by atoms with Crippen molar-refractivity contribution >= 4 is 23.7 Å². The van der Waals surface area contributed by atoms with Crippen LogP contribution in [0.5, 0.6) is 5.75 Å². The zero-order valence-electron chi connectivity index (χ0n) is 8.54. The Bertz CT molecular complexity index is 399. The predicted molar refractivity (Wildman–Crippen MR) is 58.0 cm³/mol. The summed E-state index contributed by atoms with van der Waals surface area (Å²) in [7, 11) is 0. The molecule has 1 aromatic carbocycles. The first-order valence-electron chi connectivity index (χ1n) is 4.53. The van der Waals surface area contributed by atoms with Gasteiger partial charge in [-0.15, -0.1) is 0 Å². The maximum absolute atomic E-state index is 11.3. The number of halogens is 1. The lowest BCUT2D eigenvalue weighted by molar-refractivity contribution is 0.101. The van der Waals surface area contributed by atoms with Crippen LogP contribution in [0.1, 0.15) is 34.6 Å². The lowest BCUT2D eigenvalue weighted by atomic mass is 10.1. The Morgan fingerprint density at radius 1 is 1.53 bits per heavy atom. The van der Waals surface area contributed by atoms with Gasteiger partial charge in [-0.1, -0.05) is 11.6 Å². The standard InChI is InChI=1S/C11H11ClO3/c1-3-15-9-5-4-8(6-13)11(12)10(9)7(2)14/h4-6H,3H2,1-2H3. The molecule has 0 saturated carbocycles. The lowest BCUT2D eigenvalue weighted by Gasteiger charge is -2.10. The third-order valence-corrected chi connectivity index (χ3v) is 2.32. The molecule has 1 aromatic rings. The molecule has 0 saturated heterocycles. The first kappa shape index (κ1) is 11.7. The SMILES string of the molecule is CCOc1ccc(C=O)c(Cl)c1C(C)=O. The van der Waals surface area contributed by atoms with E-state index < -0.39 is 0 Å². The molecule has 0 atom stereocenters. The third kappa shape index (κ3) is 2.36. The van der Waals surface area contributed by atoms with Crippen molar-refractivity contribution in [2.75, 3.05) is 6.61 Å². The van der Waals surface area contributed by atoms with E-state index in [1.165, 1.54) is 13.0 Å². The summed E-state index contributed by atoms with van der Waals surface area (Å²) in [6, 6.07) is 3.11. The monoisotopic (exact) mass is 226 g/mol. The molecule has 1 rings (SSSR count). The predicted octanol–water partition coefficient (Wildman–Crippen LogP) is 2.75. The minimum Gasteiger partial charge on any atom is -0.493 e. The normalized spacial score (nSPS) is 9.80. The van der Waals surface area contributed by atoms with Gasteiger partial charge in [-0.2, -0.15) is 0 Å². The molecule has 0 aliphatic rings. The molecule has 15 heavy (non-hydrogen) atoms. The molecular weight excluding hydrogens is 216 g/mol. The molecule has 0 N–H and O–H groups in total. The van der Waals surface area contributed by atoms with Crippen LogP contribution in [0.2, 0.25) is 5.02 Å². The van der Waals surface area contributed by atoms with Crippen molar-refractivity contribution in [2.45, 2.75) is 13.8 Å². The highest BCUT2D eigenvalue weighted by molar-refractivity contribution is 6.36. The van der Waals surface area contributed by atoms with Crippen LogP contribution in [0.3, 0.4) is 0 Å². The van der Waals surface area contributed by atoms with E-state index in [0.717, 1.165) is 0 Å². The molecule has 0 aliphatic carbocycles. The zero-order chi connectivity index (χ0) is 11.4. The molecule has 0 aliphatic heterocycles. The molecule has 0 heterocycles. The summed E-state index contributed by atoms with van der Waals surface area (Å²) in [5.74, 6) is 0.202. The van der Waals surface area contributed by atoms with Crippen molar-refractivity contribution in [1.29, 1.82) is 0 Å². The summed E-state index contributed by atoms with van der Waals surface area (Å²) in [6.07, 6.45) is 0.616. The zero-order valence-corrected chi connectivity index (χ0v) is 9.30. The molecule has 0 spiro atoms. The number of Topliss-reactive ketones (excluding diaryl/α,β-unsaturated/α-hetero) is 1. The second-order valence-electron chi connectivity index (χ2n) is 2.95. The Balaban J connectivity index is 3.37. The second-order valence-corrected chi connectivity index (χ2v) is 3.33. The largest absolute Gasteiger partial charge is 0.493 e. The average molecular weight is 227 g/mol. The summed E-state index contributed by atoms with van der Waals surface area (Å²) in [5.41, 5.74) is 0.563. The van der Waals surface area contributed by atoms with E-state index >= 15 is 0 Å². The molecular formula is C11H11ClO3. The van der Waals surface area contributed by atoms with Gasteiger partial charge < -0.3 is 4.74 Å². The summed E-state index contributed by atoms with van der Waals surface area (Å²) in [6.45, 7) is 3.64. The summed E-state index contributed by atoms with van der Waals surface area (Å²) in [5, 5.41) is 0.156. The Morgan fingerprint density at radius 2 is 2.20 bits per heavy atom. The minimum absolute atomic E-state index is 0.156. The van der Waals surface area contributed by atoms with Gasteiger partial charge in [0.25, 0.3) is 0 Å². The fourth-order valence-electron chi connectivity index (χ4n) is 1.27. The number of ether oxygens (including phenoxy) is 1. The van der Waals surface area contributed by atoms with E-state index in [2.05, 4.69) is 0 Å². The van der Waals surface area contributed by atoms with Gasteiger partial charge in [0.1, 0.15) is 5.75 Å². The highest BCUT2D eigenvalue weighted by Gasteiger charge is 2.16. The number of aldehydes is 1. The highest BCUT2D eigenvalue weighted by atomic mass is 35.5. The number of benzene rings is 1. The Kier molecular flexibility index (Phi) is 3.86. The summed E-state index contributed by atoms with van der Waals surface area (Å²) in [4.78, 5) is 22.0. The van der Waals surface area contributed by atoms with Crippen molar-refractivity contribution < 1.29 is 14.3 Å². The number of hydrogen-bond donors (Lipinski definition) is 0. The number of rotatable bonds is 4. The Hall–Kier alpha value is -1.35. The highest BCUT2D eigenvalue weighted by Crippen LogP contribution is 2.29. The van der Waals surface area contributed by atoms with Gasteiger partial charge in [0.15, 0.2) is 12.1 Å². The number of hydrogen-bond acceptors (Lipinski definition) is 3. The smallest absolute Gasteiger partial charge is 0.165 e. The topological polar surface area (TPSA) is 43.4 Å². The summed E-state index contributed by atoms with van der Waals surface area (Å²) < 4.78 is 5.26. The van der Waals surface area contributed by atoms with Crippen molar-refractivity contribution in [3.63, 3.8) is 0 Å². The first-order valence-corrected chi connectivity index (χ1v) is 4.91. The molecule has 0 radical (unpaired) electrons. The van der Waals surface area contributed by atoms with E-state index in [1.54, 1.807) is 6.07 Å². The van der Waals surface area contributed by atoms with Gasteiger partial charge in [0.05, 0.1) is 17.2 Å². The minimum atomic E-state index is -0.216. The maximum Gasteiger partial charge on any atom is 0.165 e. The fraction of sp³-hybridized carbons (Fsp3) is 0.273. The van der Waals surface area contributed by atoms with Gasteiger partial charge in [-0.25, -0.2) is 0 Å². The molecule has 0 fully saturated rings. The quantitative estimate of drug-likeness (QED) is 0.586. The Labute approximate surface area is 93.0 Å². The van der Waals surface area contributed by atoms with E-state index in [9.17, 15) is 9.59 Å². The van der Waals surface area contributed by atoms with Crippen LogP contribution >= 0.6 is 11.6 Å². The molecule has 0 unspecified atom stereocenters. The van der Waals surface area contributed by atoms with Gasteiger partial charge in [-0.3, -0.25) is 9.59 Å². The van der Waals surface area contributed by atoms with E-state index in [4.69, 9.17) is 16.3 Å². The van der Waals surface area contributed by atoms with E-state index in [0.29, 0.717) is 24.2 Å². The van der Waals surface area contributed by atoms with Gasteiger partial charge >= 0.3 is 0 Å². The van der Waals surface area contributed by atoms with Crippen LogP contribution in [-0.2, 0) is 0 Å². The molecule has 0 amide bonds. The number of carbonyl (C=O) groups is 2. The van der Waals surface area contributed by atoms with Crippen molar-refractivity contribution in [2.24, 2.45) is 0 Å². The van der Waals surface area contributed by atoms with Crippen LogP contribution in [0.4, 0.5) is 0 Å². The molecule has 4 heteroatoms. The van der Waals surface area contributed by atoms with Crippen LogP contribution in [0, 0.1) is 0 Å². The van der Waals surface area contributed by atoms with E-state index in [-0.39, 0.29) is 16.4 Å². The second kappa shape index (κ2) is 4.94. The van der Waals surface area contributed by atoms with Crippen LogP contribution in [0.25, 0.3) is 0 Å². The first-order chi connectivity index (χ1) is 7.11. The van der Waals surface area contributed by atoms with Crippen molar-refractivity contribution in [3.8, 4) is 5.75 Å². The van der Waals surface area contributed by atoms with Crippen molar-refractivity contribution in [1.82, 2.24) is 0 Å². The van der Waals surface area contributed by atoms with Gasteiger partial charge in [0.2, 0.25) is 0 Å². The third-order valence-electron chi connectivity index (χ3n) is 1.91. The van der Waals surface area contributed by atoms with Gasteiger partial charge in [-0.05, 0) is 26.0 Å². The number of carbonyl (C=O) groups excluding carboxylic acids is 2. The Morgan fingerprint density at radius 3 is 2.67 bits per heavy atom. The van der Waals surface area contributed by atoms with E-state index in [1.807, 2.05) is 6.92 Å². The van der Waals surface area contributed by atoms with Crippen molar-refractivity contribution in [3.05, 3.63) is 28.3 Å². The lowest BCUT2D eigenvalue weighted by Crippen LogP contribution is -2.03. The molecule has 0 aromatic heterocycles. The molecule has 0 bridgehead atoms. The molecule has 3 nitrogen and oxygen atoms in total. The average Bonchev–Trinajstić information content (AvgIpc) is 2.18. The fourth-order valence-corrected chi connectivity index (χ4v) is 1.60. The summed E-state index contributed by atoms with van der Waals surface area (Å²) >= 11 is 5.91.